The van der Waals surface area contributed by atoms with Crippen LogP contribution < -0.4 is 15.0 Å². The average molecular weight is 615 g/mol. The summed E-state index contributed by atoms with van der Waals surface area (Å²) in [6, 6.07) is 27.6. The van der Waals surface area contributed by atoms with Gasteiger partial charge < -0.3 is 14.2 Å². The molecule has 0 radical (unpaired) electrons. The van der Waals surface area contributed by atoms with Gasteiger partial charge in [0.1, 0.15) is 30.5 Å². The molecule has 3 aromatic carbocycles. The number of nitrogens with one attached hydrogen (secondary N) is 1. The number of hydroxylamine groups is 1. The largest absolute Gasteiger partial charge is 0.491 e. The zero-order valence-corrected chi connectivity index (χ0v) is 26.4. The maximum atomic E-state index is 13.4. The van der Waals surface area contributed by atoms with Crippen LogP contribution in [0.25, 0.3) is 17.0 Å². The minimum absolute atomic E-state index is 0.293. The van der Waals surface area contributed by atoms with E-state index in [4.69, 9.17) is 19.0 Å². The number of ether oxygens (including phenoxy) is 3. The molecule has 1 heterocycles. The molecule has 4 rings (SSSR count). The van der Waals surface area contributed by atoms with Crippen LogP contribution in [-0.4, -0.2) is 45.0 Å². The number of carbonyl (C=O) groups is 1. The van der Waals surface area contributed by atoms with Crippen LogP contribution in [0.15, 0.2) is 104 Å². The number of hydrogen-bond acceptors (Lipinski definition) is 7. The highest BCUT2D eigenvalue weighted by Gasteiger charge is 2.24. The lowest BCUT2D eigenvalue weighted by molar-refractivity contribution is -0.151. The number of nitrogens with zero attached hydrogens (tertiary/aromatic N) is 1. The number of aromatic nitrogens is 1. The summed E-state index contributed by atoms with van der Waals surface area (Å²) in [5.74, 6) is 0.245. The number of halogens is 1. The lowest BCUT2D eigenvalue weighted by Crippen LogP contribution is -2.33. The zero-order chi connectivity index (χ0) is 31.4. The standard InChI is InChI=1S/C35H39FN2O5Si/c1-26(28-10-12-29(13-11-28)33-7-5-6-20-37-33)38-42-22-21-40-31-16-8-27(9-17-31)25-34(35(39)41-23-24-44(2,3)4)43-32-18-14-30(36)15-19-32/h5-20,34,38H,1,21-25H2,2-4H3. The van der Waals surface area contributed by atoms with Crippen molar-refractivity contribution in [3.05, 3.63) is 121 Å². The quantitative estimate of drug-likeness (QED) is 0.0613. The Hall–Kier alpha value is -4.47. The molecular weight excluding hydrogens is 575 g/mol. The molecule has 0 aliphatic carbocycles. The third-order valence-corrected chi connectivity index (χ3v) is 8.34. The third-order valence-electron chi connectivity index (χ3n) is 6.64. The van der Waals surface area contributed by atoms with Gasteiger partial charge in [-0.2, -0.15) is 0 Å². The second kappa shape index (κ2) is 15.8. The van der Waals surface area contributed by atoms with Crippen molar-refractivity contribution in [1.29, 1.82) is 0 Å². The monoisotopic (exact) mass is 614 g/mol. The molecule has 0 saturated heterocycles. The molecule has 1 atom stereocenters. The maximum absolute atomic E-state index is 13.4. The van der Waals surface area contributed by atoms with Crippen molar-refractivity contribution in [2.75, 3.05) is 19.8 Å². The summed E-state index contributed by atoms with van der Waals surface area (Å²) < 4.78 is 30.7. The zero-order valence-electron chi connectivity index (χ0n) is 25.4. The van der Waals surface area contributed by atoms with Gasteiger partial charge in [-0.25, -0.2) is 9.18 Å². The van der Waals surface area contributed by atoms with Gasteiger partial charge in [0, 0.05) is 26.3 Å². The number of carbonyl (C=O) groups excluding carboxylic acids is 1. The summed E-state index contributed by atoms with van der Waals surface area (Å²) in [6.07, 6.45) is 1.19. The Kier molecular flexibility index (Phi) is 11.7. The van der Waals surface area contributed by atoms with Gasteiger partial charge in [0.2, 0.25) is 0 Å². The molecule has 0 aliphatic rings. The molecule has 0 fully saturated rings. The summed E-state index contributed by atoms with van der Waals surface area (Å²) >= 11 is 0. The fraction of sp³-hybridized carbons (Fsp3) is 0.257. The van der Waals surface area contributed by atoms with Crippen molar-refractivity contribution in [1.82, 2.24) is 10.5 Å². The van der Waals surface area contributed by atoms with Crippen LogP contribution in [0.2, 0.25) is 25.7 Å². The van der Waals surface area contributed by atoms with E-state index >= 15 is 0 Å². The first-order valence-electron chi connectivity index (χ1n) is 14.6. The lowest BCUT2D eigenvalue weighted by atomic mass is 10.1. The van der Waals surface area contributed by atoms with E-state index < -0.39 is 20.1 Å². The number of esters is 1. The van der Waals surface area contributed by atoms with Gasteiger partial charge in [-0.3, -0.25) is 15.3 Å². The Bertz CT molecular complexity index is 1480. The third kappa shape index (κ3) is 10.7. The smallest absolute Gasteiger partial charge is 0.347 e. The van der Waals surface area contributed by atoms with E-state index in [1.165, 1.54) is 24.3 Å². The van der Waals surface area contributed by atoms with Crippen LogP contribution in [0.1, 0.15) is 11.1 Å². The molecule has 1 aromatic heterocycles. The van der Waals surface area contributed by atoms with Crippen molar-refractivity contribution >= 4 is 19.7 Å². The van der Waals surface area contributed by atoms with E-state index in [-0.39, 0.29) is 5.82 Å². The molecule has 0 saturated carbocycles. The second-order valence-corrected chi connectivity index (χ2v) is 17.1. The molecule has 0 spiro atoms. The molecule has 1 unspecified atom stereocenters. The van der Waals surface area contributed by atoms with Crippen molar-refractivity contribution in [3.63, 3.8) is 0 Å². The molecule has 9 heteroatoms. The number of hydrogen-bond donors (Lipinski definition) is 1. The molecule has 0 aliphatic heterocycles. The van der Waals surface area contributed by atoms with E-state index in [0.717, 1.165) is 28.4 Å². The Morgan fingerprint density at radius 3 is 2.25 bits per heavy atom. The molecule has 1 N–H and O–H groups in total. The van der Waals surface area contributed by atoms with Gasteiger partial charge in [-0.05, 0) is 65.7 Å². The summed E-state index contributed by atoms with van der Waals surface area (Å²) in [4.78, 5) is 22.8. The minimum atomic E-state index is -1.36. The van der Waals surface area contributed by atoms with E-state index in [1.54, 1.807) is 6.20 Å². The first-order valence-corrected chi connectivity index (χ1v) is 18.3. The van der Waals surface area contributed by atoms with Crippen LogP contribution in [0.4, 0.5) is 4.39 Å². The molecule has 230 valence electrons. The lowest BCUT2D eigenvalue weighted by Gasteiger charge is -2.20. The van der Waals surface area contributed by atoms with Gasteiger partial charge in [-0.1, -0.05) is 68.7 Å². The fourth-order valence-electron chi connectivity index (χ4n) is 4.11. The second-order valence-electron chi connectivity index (χ2n) is 11.5. The van der Waals surface area contributed by atoms with Crippen molar-refractivity contribution in [3.8, 4) is 22.8 Å². The fourth-order valence-corrected chi connectivity index (χ4v) is 4.83. The number of benzene rings is 3. The van der Waals surface area contributed by atoms with Crippen molar-refractivity contribution in [2.45, 2.75) is 38.2 Å². The maximum Gasteiger partial charge on any atom is 0.347 e. The van der Waals surface area contributed by atoms with Gasteiger partial charge in [0.05, 0.1) is 18.0 Å². The van der Waals surface area contributed by atoms with Gasteiger partial charge in [0.25, 0.3) is 0 Å². The highest BCUT2D eigenvalue weighted by molar-refractivity contribution is 6.76. The number of rotatable bonds is 16. The van der Waals surface area contributed by atoms with Crippen molar-refractivity contribution in [2.24, 2.45) is 0 Å². The Morgan fingerprint density at radius 1 is 0.886 bits per heavy atom. The van der Waals surface area contributed by atoms with E-state index in [9.17, 15) is 9.18 Å². The first-order chi connectivity index (χ1) is 21.2. The predicted octanol–water partition coefficient (Wildman–Crippen LogP) is 7.33. The van der Waals surface area contributed by atoms with Crippen LogP contribution in [0, 0.1) is 5.82 Å². The van der Waals surface area contributed by atoms with Gasteiger partial charge >= 0.3 is 5.97 Å². The van der Waals surface area contributed by atoms with Crippen LogP contribution in [-0.2, 0) is 20.8 Å². The Balaban J connectivity index is 1.23. The van der Waals surface area contributed by atoms with Crippen LogP contribution in [0.3, 0.4) is 0 Å². The highest BCUT2D eigenvalue weighted by atomic mass is 28.3. The average Bonchev–Trinajstić information content (AvgIpc) is 3.02. The normalized spacial score (nSPS) is 11.8. The number of pyridine rings is 1. The first kappa shape index (κ1) is 32.4. The van der Waals surface area contributed by atoms with E-state index in [0.29, 0.717) is 43.4 Å². The molecular formula is C35H39FN2O5Si. The molecule has 4 aromatic rings. The predicted molar refractivity (Wildman–Crippen MR) is 173 cm³/mol. The van der Waals surface area contributed by atoms with Gasteiger partial charge in [-0.15, -0.1) is 0 Å². The SMILES string of the molecule is C=C(NOCCOc1ccc(CC(Oc2ccc(F)cc2)C(=O)OCC[Si](C)(C)C)cc1)c1ccc(-c2ccccn2)cc1. The molecule has 7 nitrogen and oxygen atoms in total. The van der Waals surface area contributed by atoms with Gasteiger partial charge in [0.15, 0.2) is 6.10 Å². The summed E-state index contributed by atoms with van der Waals surface area (Å²) in [7, 11) is -1.36. The van der Waals surface area contributed by atoms with Crippen molar-refractivity contribution < 1.29 is 28.2 Å². The van der Waals surface area contributed by atoms with E-state index in [1.807, 2.05) is 66.7 Å². The topological polar surface area (TPSA) is 78.9 Å². The Morgan fingerprint density at radius 2 is 1.59 bits per heavy atom. The van der Waals surface area contributed by atoms with Crippen LogP contribution in [0.5, 0.6) is 11.5 Å². The molecule has 44 heavy (non-hydrogen) atoms. The Labute approximate surface area is 259 Å². The highest BCUT2D eigenvalue weighted by Crippen LogP contribution is 2.21. The summed E-state index contributed by atoms with van der Waals surface area (Å²) in [5, 5.41) is 0. The van der Waals surface area contributed by atoms with Crippen LogP contribution >= 0.6 is 0 Å². The van der Waals surface area contributed by atoms with E-state index in [2.05, 4.69) is 36.7 Å². The summed E-state index contributed by atoms with van der Waals surface area (Å²) in [5.41, 5.74) is 7.21. The minimum Gasteiger partial charge on any atom is -0.491 e. The molecule has 0 bridgehead atoms. The summed E-state index contributed by atoms with van der Waals surface area (Å²) in [6.45, 7) is 11.7. The molecule has 0 amide bonds.